The van der Waals surface area contributed by atoms with Crippen LogP contribution in [0.5, 0.6) is 0 Å². The minimum atomic E-state index is 0.00365. The highest BCUT2D eigenvalue weighted by atomic mass is 32.2. The SMILES string of the molecule is Cc1ccc(SCc2ccc(C(=O)NC(C)C(C)C)cc2)cc1. The summed E-state index contributed by atoms with van der Waals surface area (Å²) in [6.07, 6.45) is 0. The third kappa shape index (κ3) is 5.43. The summed E-state index contributed by atoms with van der Waals surface area (Å²) < 4.78 is 0. The van der Waals surface area contributed by atoms with Crippen LogP contribution in [0.4, 0.5) is 0 Å². The summed E-state index contributed by atoms with van der Waals surface area (Å²) in [7, 11) is 0. The summed E-state index contributed by atoms with van der Waals surface area (Å²) in [4.78, 5) is 13.4. The van der Waals surface area contributed by atoms with Crippen LogP contribution in [0.1, 0.15) is 42.3 Å². The predicted molar refractivity (Wildman–Crippen MR) is 98.9 cm³/mol. The second-order valence-electron chi connectivity index (χ2n) is 6.30. The van der Waals surface area contributed by atoms with Crippen LogP contribution in [0.2, 0.25) is 0 Å². The van der Waals surface area contributed by atoms with Crippen LogP contribution in [0, 0.1) is 12.8 Å². The van der Waals surface area contributed by atoms with Gasteiger partial charge in [0.1, 0.15) is 0 Å². The van der Waals surface area contributed by atoms with Gasteiger partial charge in [0.05, 0.1) is 0 Å². The first kappa shape index (κ1) is 17.6. The lowest BCUT2D eigenvalue weighted by Gasteiger charge is -2.17. The normalized spacial score (nSPS) is 12.2. The number of carbonyl (C=O) groups is 1. The highest BCUT2D eigenvalue weighted by Gasteiger charge is 2.12. The summed E-state index contributed by atoms with van der Waals surface area (Å²) in [5.74, 6) is 1.35. The summed E-state index contributed by atoms with van der Waals surface area (Å²) in [6, 6.07) is 16.6. The average molecular weight is 327 g/mol. The number of aryl methyl sites for hydroxylation is 1. The Morgan fingerprint density at radius 1 is 1.00 bits per heavy atom. The number of rotatable bonds is 6. The van der Waals surface area contributed by atoms with Crippen LogP contribution in [-0.2, 0) is 5.75 Å². The highest BCUT2D eigenvalue weighted by molar-refractivity contribution is 7.98. The standard InChI is InChI=1S/C20H25NOS/c1-14(2)16(4)21-20(22)18-9-7-17(8-10-18)13-23-19-11-5-15(3)6-12-19/h5-12,14,16H,13H2,1-4H3,(H,21,22). The monoisotopic (exact) mass is 327 g/mol. The lowest BCUT2D eigenvalue weighted by molar-refractivity contribution is 0.0930. The van der Waals surface area contributed by atoms with Crippen LogP contribution in [-0.4, -0.2) is 11.9 Å². The molecule has 1 atom stereocenters. The molecule has 1 unspecified atom stereocenters. The van der Waals surface area contributed by atoms with Crippen molar-refractivity contribution in [2.45, 2.75) is 44.4 Å². The van der Waals surface area contributed by atoms with E-state index in [1.807, 2.05) is 43.0 Å². The molecular formula is C20H25NOS. The number of hydrogen-bond donors (Lipinski definition) is 1. The number of benzene rings is 2. The maximum absolute atomic E-state index is 12.2. The molecular weight excluding hydrogens is 302 g/mol. The van der Waals surface area contributed by atoms with Crippen LogP contribution in [0.15, 0.2) is 53.4 Å². The Hall–Kier alpha value is -1.74. The molecule has 0 saturated heterocycles. The van der Waals surface area contributed by atoms with E-state index >= 15 is 0 Å². The van der Waals surface area contributed by atoms with Crippen molar-refractivity contribution in [3.05, 3.63) is 65.2 Å². The topological polar surface area (TPSA) is 29.1 Å². The zero-order chi connectivity index (χ0) is 16.8. The fourth-order valence-electron chi connectivity index (χ4n) is 2.01. The lowest BCUT2D eigenvalue weighted by atomic mass is 10.1. The Labute approximate surface area is 143 Å². The van der Waals surface area contributed by atoms with Gasteiger partial charge in [-0.05, 0) is 49.6 Å². The zero-order valence-corrected chi connectivity index (χ0v) is 15.1. The van der Waals surface area contributed by atoms with E-state index in [0.717, 1.165) is 11.3 Å². The molecule has 0 aromatic heterocycles. The fourth-order valence-corrected chi connectivity index (χ4v) is 2.86. The maximum atomic E-state index is 12.2. The molecule has 0 radical (unpaired) electrons. The van der Waals surface area contributed by atoms with E-state index in [9.17, 15) is 4.79 Å². The van der Waals surface area contributed by atoms with E-state index in [1.54, 1.807) is 0 Å². The largest absolute Gasteiger partial charge is 0.349 e. The molecule has 0 heterocycles. The molecule has 3 heteroatoms. The summed E-state index contributed by atoms with van der Waals surface area (Å²) in [6.45, 7) is 8.35. The second kappa shape index (κ2) is 8.21. The molecule has 0 aliphatic carbocycles. The molecule has 2 aromatic rings. The molecule has 1 N–H and O–H groups in total. The molecule has 2 rings (SSSR count). The number of thioether (sulfide) groups is 1. The molecule has 122 valence electrons. The first-order valence-corrected chi connectivity index (χ1v) is 9.03. The van der Waals surface area contributed by atoms with Crippen LogP contribution >= 0.6 is 11.8 Å². The number of nitrogens with one attached hydrogen (secondary N) is 1. The molecule has 0 fully saturated rings. The van der Waals surface area contributed by atoms with Gasteiger partial charge >= 0.3 is 0 Å². The average Bonchev–Trinajstić information content (AvgIpc) is 2.54. The Kier molecular flexibility index (Phi) is 6.28. The number of carbonyl (C=O) groups excluding carboxylic acids is 1. The van der Waals surface area contributed by atoms with Gasteiger partial charge in [0, 0.05) is 22.3 Å². The van der Waals surface area contributed by atoms with Gasteiger partial charge in [0.2, 0.25) is 0 Å². The molecule has 2 nitrogen and oxygen atoms in total. The van der Waals surface area contributed by atoms with Crippen molar-refractivity contribution < 1.29 is 4.79 Å². The number of amides is 1. The van der Waals surface area contributed by atoms with Crippen LogP contribution in [0.25, 0.3) is 0 Å². The quantitative estimate of drug-likeness (QED) is 0.751. The van der Waals surface area contributed by atoms with Crippen LogP contribution in [0.3, 0.4) is 0 Å². The fraction of sp³-hybridized carbons (Fsp3) is 0.350. The molecule has 0 saturated carbocycles. The van der Waals surface area contributed by atoms with Gasteiger partial charge in [0.25, 0.3) is 5.91 Å². The van der Waals surface area contributed by atoms with E-state index in [2.05, 4.69) is 50.4 Å². The van der Waals surface area contributed by atoms with E-state index in [0.29, 0.717) is 5.92 Å². The van der Waals surface area contributed by atoms with Gasteiger partial charge in [-0.25, -0.2) is 0 Å². The highest BCUT2D eigenvalue weighted by Crippen LogP contribution is 2.23. The van der Waals surface area contributed by atoms with E-state index < -0.39 is 0 Å². The van der Waals surface area contributed by atoms with Crippen molar-refractivity contribution in [1.82, 2.24) is 5.32 Å². The molecule has 1 amide bonds. The predicted octanol–water partition coefficient (Wildman–Crippen LogP) is 5.06. The molecule has 0 aliphatic heterocycles. The molecule has 0 bridgehead atoms. The first-order chi connectivity index (χ1) is 11.0. The van der Waals surface area contributed by atoms with Gasteiger partial charge < -0.3 is 5.32 Å². The Balaban J connectivity index is 1.91. The minimum absolute atomic E-state index is 0.00365. The van der Waals surface area contributed by atoms with E-state index in [4.69, 9.17) is 0 Å². The third-order valence-electron chi connectivity index (χ3n) is 4.00. The third-order valence-corrected chi connectivity index (χ3v) is 5.08. The van der Waals surface area contributed by atoms with E-state index in [-0.39, 0.29) is 11.9 Å². The van der Waals surface area contributed by atoms with Crippen molar-refractivity contribution in [2.24, 2.45) is 5.92 Å². The van der Waals surface area contributed by atoms with Gasteiger partial charge in [-0.3, -0.25) is 4.79 Å². The van der Waals surface area contributed by atoms with Crippen LogP contribution < -0.4 is 5.32 Å². The van der Waals surface area contributed by atoms with Crippen molar-refractivity contribution in [1.29, 1.82) is 0 Å². The van der Waals surface area contributed by atoms with Crippen molar-refractivity contribution in [3.63, 3.8) is 0 Å². The molecule has 2 aromatic carbocycles. The van der Waals surface area contributed by atoms with Gasteiger partial charge in [-0.2, -0.15) is 0 Å². The van der Waals surface area contributed by atoms with Gasteiger partial charge in [-0.1, -0.05) is 43.7 Å². The maximum Gasteiger partial charge on any atom is 0.251 e. The molecule has 0 spiro atoms. The summed E-state index contributed by atoms with van der Waals surface area (Å²) in [5, 5.41) is 3.03. The second-order valence-corrected chi connectivity index (χ2v) is 7.35. The minimum Gasteiger partial charge on any atom is -0.349 e. The smallest absolute Gasteiger partial charge is 0.251 e. The van der Waals surface area contributed by atoms with Crippen molar-refractivity contribution in [2.75, 3.05) is 0 Å². The summed E-state index contributed by atoms with van der Waals surface area (Å²) >= 11 is 1.81. The lowest BCUT2D eigenvalue weighted by Crippen LogP contribution is -2.36. The van der Waals surface area contributed by atoms with Gasteiger partial charge in [0.15, 0.2) is 0 Å². The van der Waals surface area contributed by atoms with Gasteiger partial charge in [-0.15, -0.1) is 11.8 Å². The molecule has 23 heavy (non-hydrogen) atoms. The Bertz CT molecular complexity index is 632. The van der Waals surface area contributed by atoms with E-state index in [1.165, 1.54) is 16.0 Å². The number of hydrogen-bond acceptors (Lipinski definition) is 2. The van der Waals surface area contributed by atoms with Crippen molar-refractivity contribution in [3.8, 4) is 0 Å². The Morgan fingerprint density at radius 3 is 2.17 bits per heavy atom. The molecule has 0 aliphatic rings. The first-order valence-electron chi connectivity index (χ1n) is 8.05. The Morgan fingerprint density at radius 2 is 1.61 bits per heavy atom. The summed E-state index contributed by atoms with van der Waals surface area (Å²) in [5.41, 5.74) is 3.23. The van der Waals surface area contributed by atoms with Crippen molar-refractivity contribution >= 4 is 17.7 Å². The zero-order valence-electron chi connectivity index (χ0n) is 14.3.